The number of likely N-dealkylation sites (N-methyl/N-ethyl adjacent to an activating group) is 1. The molecule has 0 aliphatic rings. The number of nitrogens with two attached hydrogens (primary N) is 1. The van der Waals surface area contributed by atoms with E-state index in [1.165, 1.54) is 0 Å². The molecule has 0 aliphatic carbocycles. The van der Waals surface area contributed by atoms with Crippen LogP contribution in [0.15, 0.2) is 23.0 Å². The van der Waals surface area contributed by atoms with Gasteiger partial charge in [-0.25, -0.2) is 4.79 Å². The highest BCUT2D eigenvalue weighted by Gasteiger charge is 2.07. The number of hydrogen-bond acceptors (Lipinski definition) is 4. The Labute approximate surface area is 104 Å². The number of aliphatic hydroxyl groups excluding tert-OH is 1. The van der Waals surface area contributed by atoms with Crippen molar-refractivity contribution in [2.45, 2.75) is 12.6 Å². The molecule has 0 saturated carbocycles. The molecular formula is C12H18N4O2. The number of H-pyrrole nitrogens is 2. The van der Waals surface area contributed by atoms with Crippen molar-refractivity contribution >= 4 is 11.0 Å². The van der Waals surface area contributed by atoms with Gasteiger partial charge in [-0.05, 0) is 24.7 Å². The highest BCUT2D eigenvalue weighted by molar-refractivity contribution is 5.74. The Balaban J connectivity index is 2.09. The second-order valence-electron chi connectivity index (χ2n) is 4.55. The maximum atomic E-state index is 11.1. The molecule has 0 spiro atoms. The van der Waals surface area contributed by atoms with Crippen LogP contribution in [0.4, 0.5) is 0 Å². The van der Waals surface area contributed by atoms with E-state index in [1.807, 2.05) is 30.1 Å². The molecule has 1 atom stereocenters. The van der Waals surface area contributed by atoms with Crippen LogP contribution in [0.25, 0.3) is 11.0 Å². The molecule has 0 saturated heterocycles. The van der Waals surface area contributed by atoms with Gasteiger partial charge in [0.15, 0.2) is 0 Å². The molecule has 6 heteroatoms. The molecule has 6 nitrogen and oxygen atoms in total. The number of hydrogen-bond donors (Lipinski definition) is 4. The number of benzene rings is 1. The molecule has 1 heterocycles. The monoisotopic (exact) mass is 250 g/mol. The fourth-order valence-electron chi connectivity index (χ4n) is 1.99. The van der Waals surface area contributed by atoms with E-state index in [0.29, 0.717) is 13.1 Å². The molecule has 0 fully saturated rings. The minimum Gasteiger partial charge on any atom is -0.390 e. The quantitative estimate of drug-likeness (QED) is 0.580. The lowest BCUT2D eigenvalue weighted by Gasteiger charge is -2.19. The molecule has 5 N–H and O–H groups in total. The molecular weight excluding hydrogens is 232 g/mol. The van der Waals surface area contributed by atoms with Crippen LogP contribution in [0.2, 0.25) is 0 Å². The van der Waals surface area contributed by atoms with Crippen LogP contribution in [0.5, 0.6) is 0 Å². The maximum absolute atomic E-state index is 11.1. The van der Waals surface area contributed by atoms with Gasteiger partial charge in [0.05, 0.1) is 17.1 Å². The molecule has 0 amide bonds. The number of fused-ring (bicyclic) bond motifs is 1. The molecule has 0 aliphatic heterocycles. The summed E-state index contributed by atoms with van der Waals surface area (Å²) in [5.41, 5.74) is 7.84. The van der Waals surface area contributed by atoms with E-state index in [2.05, 4.69) is 9.97 Å². The van der Waals surface area contributed by atoms with Crippen molar-refractivity contribution in [2.75, 3.05) is 20.1 Å². The summed E-state index contributed by atoms with van der Waals surface area (Å²) >= 11 is 0. The third-order valence-electron chi connectivity index (χ3n) is 2.83. The van der Waals surface area contributed by atoms with Crippen LogP contribution in [0, 0.1) is 0 Å². The summed E-state index contributed by atoms with van der Waals surface area (Å²) < 4.78 is 0. The molecule has 2 aromatic rings. The van der Waals surface area contributed by atoms with Crippen molar-refractivity contribution < 1.29 is 5.11 Å². The molecule has 1 unspecified atom stereocenters. The zero-order valence-electron chi connectivity index (χ0n) is 10.3. The Morgan fingerprint density at radius 1 is 1.39 bits per heavy atom. The SMILES string of the molecule is CN(Cc1ccc2[nH]c(=O)[nH]c2c1)CC(O)CN. The number of nitrogens with zero attached hydrogens (tertiary/aromatic N) is 1. The summed E-state index contributed by atoms with van der Waals surface area (Å²) in [6.07, 6.45) is -0.509. The van der Waals surface area contributed by atoms with E-state index in [-0.39, 0.29) is 12.2 Å². The minimum atomic E-state index is -0.509. The third-order valence-corrected chi connectivity index (χ3v) is 2.83. The third kappa shape index (κ3) is 2.98. The number of rotatable bonds is 5. The highest BCUT2D eigenvalue weighted by atomic mass is 16.3. The van der Waals surface area contributed by atoms with Crippen LogP contribution >= 0.6 is 0 Å². The van der Waals surface area contributed by atoms with Gasteiger partial charge in [0, 0.05) is 19.6 Å². The smallest absolute Gasteiger partial charge is 0.323 e. The maximum Gasteiger partial charge on any atom is 0.323 e. The largest absolute Gasteiger partial charge is 0.390 e. The van der Waals surface area contributed by atoms with Crippen LogP contribution in [0.3, 0.4) is 0 Å². The number of aliphatic hydroxyl groups is 1. The molecule has 2 rings (SSSR count). The van der Waals surface area contributed by atoms with E-state index in [1.54, 1.807) is 0 Å². The number of imidazole rings is 1. The van der Waals surface area contributed by atoms with Crippen molar-refractivity contribution in [3.63, 3.8) is 0 Å². The average Bonchev–Trinajstić information content (AvgIpc) is 2.68. The van der Waals surface area contributed by atoms with Gasteiger partial charge < -0.3 is 20.8 Å². The van der Waals surface area contributed by atoms with Crippen LogP contribution < -0.4 is 11.4 Å². The first-order valence-electron chi connectivity index (χ1n) is 5.86. The first-order valence-corrected chi connectivity index (χ1v) is 5.86. The lowest BCUT2D eigenvalue weighted by molar-refractivity contribution is 0.129. The summed E-state index contributed by atoms with van der Waals surface area (Å²) in [7, 11) is 1.92. The van der Waals surface area contributed by atoms with E-state index >= 15 is 0 Å². The number of aromatic amines is 2. The molecule has 1 aromatic heterocycles. The van der Waals surface area contributed by atoms with Crippen LogP contribution in [0.1, 0.15) is 5.56 Å². The second kappa shape index (κ2) is 5.34. The standard InChI is InChI=1S/C12H18N4O2/c1-16(7-9(17)5-13)6-8-2-3-10-11(4-8)15-12(18)14-10/h2-4,9,17H,5-7,13H2,1H3,(H2,14,15,18). The molecule has 0 bridgehead atoms. The normalized spacial score (nSPS) is 13.3. The predicted molar refractivity (Wildman–Crippen MR) is 70.3 cm³/mol. The fourth-order valence-corrected chi connectivity index (χ4v) is 1.99. The van der Waals surface area contributed by atoms with Gasteiger partial charge in [-0.2, -0.15) is 0 Å². The number of nitrogens with one attached hydrogen (secondary N) is 2. The van der Waals surface area contributed by atoms with Gasteiger partial charge in [0.2, 0.25) is 0 Å². The van der Waals surface area contributed by atoms with Gasteiger partial charge >= 0.3 is 5.69 Å². The van der Waals surface area contributed by atoms with Crippen LogP contribution in [-0.2, 0) is 6.54 Å². The van der Waals surface area contributed by atoms with Crippen molar-refractivity contribution in [2.24, 2.45) is 5.73 Å². The highest BCUT2D eigenvalue weighted by Crippen LogP contribution is 2.11. The summed E-state index contributed by atoms with van der Waals surface area (Å²) in [6, 6.07) is 5.76. The fraction of sp³-hybridized carbons (Fsp3) is 0.417. The van der Waals surface area contributed by atoms with Crippen molar-refractivity contribution in [3.05, 3.63) is 34.2 Å². The van der Waals surface area contributed by atoms with Gasteiger partial charge in [0.25, 0.3) is 0 Å². The summed E-state index contributed by atoms with van der Waals surface area (Å²) in [5, 5.41) is 9.46. The first-order chi connectivity index (χ1) is 8.58. The molecule has 98 valence electrons. The lowest BCUT2D eigenvalue weighted by Crippen LogP contribution is -2.33. The molecule has 18 heavy (non-hydrogen) atoms. The summed E-state index contributed by atoms with van der Waals surface area (Å²) in [6.45, 7) is 1.48. The Bertz CT molecular complexity index is 575. The van der Waals surface area contributed by atoms with E-state index < -0.39 is 6.10 Å². The number of aromatic nitrogens is 2. The van der Waals surface area contributed by atoms with Crippen molar-refractivity contribution in [1.29, 1.82) is 0 Å². The van der Waals surface area contributed by atoms with Gasteiger partial charge in [-0.3, -0.25) is 4.90 Å². The van der Waals surface area contributed by atoms with Gasteiger partial charge in [-0.1, -0.05) is 6.07 Å². The van der Waals surface area contributed by atoms with E-state index in [4.69, 9.17) is 5.73 Å². The summed E-state index contributed by atoms with van der Waals surface area (Å²) in [5.74, 6) is 0. The van der Waals surface area contributed by atoms with Crippen molar-refractivity contribution in [3.8, 4) is 0 Å². The van der Waals surface area contributed by atoms with Gasteiger partial charge in [0.1, 0.15) is 0 Å². The topological polar surface area (TPSA) is 98.1 Å². The summed E-state index contributed by atoms with van der Waals surface area (Å²) in [4.78, 5) is 18.6. The lowest BCUT2D eigenvalue weighted by atomic mass is 10.2. The average molecular weight is 250 g/mol. The van der Waals surface area contributed by atoms with E-state index in [0.717, 1.165) is 16.6 Å². The Hall–Kier alpha value is -1.63. The molecule has 0 radical (unpaired) electrons. The first kappa shape index (κ1) is 12.8. The zero-order chi connectivity index (χ0) is 13.1. The molecule has 1 aromatic carbocycles. The van der Waals surface area contributed by atoms with Crippen LogP contribution in [-0.4, -0.2) is 46.2 Å². The Morgan fingerprint density at radius 2 is 2.11 bits per heavy atom. The van der Waals surface area contributed by atoms with E-state index in [9.17, 15) is 9.90 Å². The van der Waals surface area contributed by atoms with Gasteiger partial charge in [-0.15, -0.1) is 0 Å². The Kier molecular flexibility index (Phi) is 3.81. The van der Waals surface area contributed by atoms with Crippen molar-refractivity contribution in [1.82, 2.24) is 14.9 Å². The Morgan fingerprint density at radius 3 is 2.83 bits per heavy atom. The minimum absolute atomic E-state index is 0.200. The predicted octanol–water partition coefficient (Wildman–Crippen LogP) is -0.392. The second-order valence-corrected chi connectivity index (χ2v) is 4.55. The zero-order valence-corrected chi connectivity index (χ0v) is 10.3.